The van der Waals surface area contributed by atoms with Crippen molar-refractivity contribution < 1.29 is 23.3 Å². The lowest BCUT2D eigenvalue weighted by molar-refractivity contribution is -0.134. The maximum Gasteiger partial charge on any atom is 0.519 e. The summed E-state index contributed by atoms with van der Waals surface area (Å²) in [5, 5.41) is 12.2. The number of carbonyl (C=O) groups excluding carboxylic acids is 1. The molecule has 10 heteroatoms. The number of thioether (sulfide) groups is 1. The second-order valence-electron chi connectivity index (χ2n) is 6.91. The van der Waals surface area contributed by atoms with Crippen LogP contribution in [0.15, 0.2) is 24.3 Å². The van der Waals surface area contributed by atoms with Gasteiger partial charge in [-0.25, -0.2) is 13.5 Å². The van der Waals surface area contributed by atoms with E-state index in [1.165, 1.54) is 12.1 Å². The predicted octanol–water partition coefficient (Wildman–Crippen LogP) is 2.93. The van der Waals surface area contributed by atoms with Crippen LogP contribution in [-0.4, -0.2) is 63.2 Å². The van der Waals surface area contributed by atoms with Crippen LogP contribution in [0.2, 0.25) is 0 Å². The fraction of sp³-hybridized carbons (Fsp3) is 0.556. The third-order valence-electron chi connectivity index (χ3n) is 5.15. The third-order valence-corrected chi connectivity index (χ3v) is 6.59. The summed E-state index contributed by atoms with van der Waals surface area (Å²) in [4.78, 5) is 25.6. The van der Waals surface area contributed by atoms with Gasteiger partial charge in [0.25, 0.3) is 0 Å². The maximum atomic E-state index is 13.2. The molecule has 2 heterocycles. The van der Waals surface area contributed by atoms with E-state index in [1.54, 1.807) is 23.9 Å². The van der Waals surface area contributed by atoms with E-state index in [4.69, 9.17) is 5.11 Å². The largest absolute Gasteiger partial charge is 0.519 e. The summed E-state index contributed by atoms with van der Waals surface area (Å²) in [7, 11) is 0. The lowest BCUT2D eigenvalue weighted by atomic mass is 9.96. The van der Waals surface area contributed by atoms with Crippen LogP contribution in [0.5, 0.6) is 0 Å². The van der Waals surface area contributed by atoms with Gasteiger partial charge >= 0.3 is 6.16 Å². The molecule has 1 atom stereocenters. The Hall–Kier alpha value is -1.49. The van der Waals surface area contributed by atoms with E-state index in [1.807, 2.05) is 15.5 Å². The fourth-order valence-electron chi connectivity index (χ4n) is 3.73. The number of nitrogens with zero attached hydrogens (tertiary/aromatic N) is 2. The summed E-state index contributed by atoms with van der Waals surface area (Å²) in [6, 6.07) is 5.99. The van der Waals surface area contributed by atoms with Gasteiger partial charge in [-0.3, -0.25) is 10.1 Å². The quantitative estimate of drug-likeness (QED) is 0.506. The lowest BCUT2D eigenvalue weighted by Gasteiger charge is -2.43. The monoisotopic (exact) mass is 429 g/mol. The molecule has 2 aliphatic rings. The second kappa shape index (κ2) is 9.34. The molecule has 3 rings (SSSR count). The highest BCUT2D eigenvalue weighted by Crippen LogP contribution is 2.36. The molecular weight excluding hydrogens is 405 g/mol. The Labute approximate surface area is 172 Å². The van der Waals surface area contributed by atoms with E-state index in [0.29, 0.717) is 32.5 Å². The summed E-state index contributed by atoms with van der Waals surface area (Å²) in [5.74, 6) is 0.658. The van der Waals surface area contributed by atoms with E-state index in [2.05, 4.69) is 9.50 Å². The number of piperidine rings is 1. The van der Waals surface area contributed by atoms with Gasteiger partial charge in [0, 0.05) is 19.6 Å². The molecule has 1 aromatic carbocycles. The number of nitrogens with one attached hydrogen (secondary N) is 1. The number of hydrogen-bond donors (Lipinski definition) is 2. The Morgan fingerprint density at radius 1 is 1.36 bits per heavy atom. The van der Waals surface area contributed by atoms with Crippen molar-refractivity contribution in [3.8, 4) is 0 Å². The second-order valence-corrected chi connectivity index (χ2v) is 8.73. The molecule has 0 aliphatic carbocycles. The van der Waals surface area contributed by atoms with Crippen LogP contribution in [0, 0.1) is 5.82 Å². The number of carbonyl (C=O) groups is 2. The van der Waals surface area contributed by atoms with Crippen LogP contribution in [-0.2, 0) is 15.5 Å². The SMILES string of the molecule is CSCCC1NC2(CCN(SOC(=O)O)CC2)N(Cc2ccc(F)cc2)C1=O. The number of amides is 1. The zero-order valence-electron chi connectivity index (χ0n) is 15.6. The van der Waals surface area contributed by atoms with Gasteiger partial charge in [-0.05, 0) is 49.0 Å². The van der Waals surface area contributed by atoms with E-state index in [9.17, 15) is 14.0 Å². The Kier molecular flexibility index (Phi) is 7.08. The van der Waals surface area contributed by atoms with Gasteiger partial charge in [0.1, 0.15) is 5.82 Å². The standard InChI is InChI=1S/C18H24FN3O4S2/c1-27-11-6-15-16(23)22(12-13-2-4-14(19)5-3-13)18(20-15)7-9-21(10-8-18)28-26-17(24)25/h2-5,15,20H,6-12H2,1H3,(H,24,25). The highest BCUT2D eigenvalue weighted by Gasteiger charge is 2.51. The Bertz CT molecular complexity index is 699. The minimum absolute atomic E-state index is 0.0706. The summed E-state index contributed by atoms with van der Waals surface area (Å²) >= 11 is 2.53. The molecule has 2 fully saturated rings. The van der Waals surface area contributed by atoms with Crippen molar-refractivity contribution in [3.63, 3.8) is 0 Å². The number of carboxylic acid groups (broad SMARTS) is 1. The highest BCUT2D eigenvalue weighted by molar-refractivity contribution is 7.98. The molecule has 1 unspecified atom stereocenters. The molecule has 1 spiro atoms. The zero-order chi connectivity index (χ0) is 20.1. The molecule has 28 heavy (non-hydrogen) atoms. The maximum absolute atomic E-state index is 13.2. The zero-order valence-corrected chi connectivity index (χ0v) is 17.2. The van der Waals surface area contributed by atoms with Crippen LogP contribution in [0.4, 0.5) is 9.18 Å². The molecule has 2 saturated heterocycles. The molecule has 2 N–H and O–H groups in total. The van der Waals surface area contributed by atoms with Gasteiger partial charge in [-0.15, -0.1) is 0 Å². The molecule has 1 amide bonds. The molecule has 2 aliphatic heterocycles. The van der Waals surface area contributed by atoms with E-state index in [0.717, 1.165) is 30.0 Å². The summed E-state index contributed by atoms with van der Waals surface area (Å²) in [6.07, 6.45) is 2.76. The fourth-order valence-corrected chi connectivity index (χ4v) is 4.70. The molecule has 154 valence electrons. The molecule has 1 aromatic rings. The lowest BCUT2D eigenvalue weighted by Crippen LogP contribution is -2.57. The van der Waals surface area contributed by atoms with Crippen LogP contribution < -0.4 is 5.32 Å². The Balaban J connectivity index is 1.73. The molecule has 0 aromatic heterocycles. The summed E-state index contributed by atoms with van der Waals surface area (Å²) in [6.45, 7) is 1.60. The average Bonchev–Trinajstić information content (AvgIpc) is 2.93. The van der Waals surface area contributed by atoms with Gasteiger partial charge < -0.3 is 14.2 Å². The number of hydrogen-bond acceptors (Lipinski definition) is 7. The van der Waals surface area contributed by atoms with Crippen molar-refractivity contribution in [2.45, 2.75) is 37.5 Å². The van der Waals surface area contributed by atoms with Crippen LogP contribution in [0.1, 0.15) is 24.8 Å². The van der Waals surface area contributed by atoms with Crippen molar-refractivity contribution >= 4 is 36.1 Å². The van der Waals surface area contributed by atoms with Crippen LogP contribution in [0.3, 0.4) is 0 Å². The van der Waals surface area contributed by atoms with Gasteiger partial charge in [-0.2, -0.15) is 11.8 Å². The van der Waals surface area contributed by atoms with E-state index < -0.39 is 11.8 Å². The van der Waals surface area contributed by atoms with E-state index >= 15 is 0 Å². The number of benzene rings is 1. The first-order chi connectivity index (χ1) is 13.4. The van der Waals surface area contributed by atoms with Gasteiger partial charge in [0.15, 0.2) is 12.2 Å². The molecule has 0 radical (unpaired) electrons. The van der Waals surface area contributed by atoms with Crippen LogP contribution >= 0.6 is 24.0 Å². The van der Waals surface area contributed by atoms with Crippen molar-refractivity contribution in [2.75, 3.05) is 25.1 Å². The summed E-state index contributed by atoms with van der Waals surface area (Å²) in [5.41, 5.74) is 0.405. The summed E-state index contributed by atoms with van der Waals surface area (Å²) < 4.78 is 19.7. The highest BCUT2D eigenvalue weighted by atomic mass is 32.2. The average molecular weight is 430 g/mol. The van der Waals surface area contributed by atoms with Gasteiger partial charge in [-0.1, -0.05) is 12.1 Å². The van der Waals surface area contributed by atoms with Crippen molar-refractivity contribution in [3.05, 3.63) is 35.6 Å². The normalized spacial score (nSPS) is 22.0. The van der Waals surface area contributed by atoms with Crippen molar-refractivity contribution in [1.82, 2.24) is 14.5 Å². The van der Waals surface area contributed by atoms with Crippen molar-refractivity contribution in [1.29, 1.82) is 0 Å². The molecule has 7 nitrogen and oxygen atoms in total. The molecular formula is C18H24FN3O4S2. The van der Waals surface area contributed by atoms with Crippen molar-refractivity contribution in [2.24, 2.45) is 0 Å². The first-order valence-electron chi connectivity index (χ1n) is 9.08. The first kappa shape index (κ1) is 21.2. The van der Waals surface area contributed by atoms with E-state index in [-0.39, 0.29) is 17.8 Å². The third kappa shape index (κ3) is 4.91. The predicted molar refractivity (Wildman–Crippen MR) is 107 cm³/mol. The van der Waals surface area contributed by atoms with Gasteiger partial charge in [0.05, 0.1) is 11.7 Å². The number of rotatable bonds is 7. The molecule has 0 saturated carbocycles. The smallest absolute Gasteiger partial charge is 0.449 e. The minimum Gasteiger partial charge on any atom is -0.449 e. The Morgan fingerprint density at radius 3 is 2.64 bits per heavy atom. The Morgan fingerprint density at radius 2 is 2.04 bits per heavy atom. The minimum atomic E-state index is -1.32. The topological polar surface area (TPSA) is 82.1 Å². The molecule has 0 bridgehead atoms. The first-order valence-corrected chi connectivity index (χ1v) is 11.2. The van der Waals surface area contributed by atoms with Crippen LogP contribution in [0.25, 0.3) is 0 Å². The van der Waals surface area contributed by atoms with Gasteiger partial charge in [0.2, 0.25) is 5.91 Å². The number of halogens is 1.